The number of carboxylic acid groups (broad SMARTS) is 2. The van der Waals surface area contributed by atoms with Crippen LogP contribution in [-0.4, -0.2) is 27.1 Å². The summed E-state index contributed by atoms with van der Waals surface area (Å²) in [6.07, 6.45) is 0. The van der Waals surface area contributed by atoms with Gasteiger partial charge in [0, 0.05) is 5.56 Å². The molecule has 0 spiro atoms. The molecule has 0 amide bonds. The molecule has 1 aromatic carbocycles. The van der Waals surface area contributed by atoms with Gasteiger partial charge in [-0.25, -0.2) is 19.0 Å². The van der Waals surface area contributed by atoms with Crippen molar-refractivity contribution >= 4 is 11.9 Å². The highest BCUT2D eigenvalue weighted by molar-refractivity contribution is 6.05. The van der Waals surface area contributed by atoms with Crippen LogP contribution in [0.5, 0.6) is 0 Å². The summed E-state index contributed by atoms with van der Waals surface area (Å²) in [7, 11) is 0. The van der Waals surface area contributed by atoms with Crippen LogP contribution in [0, 0.1) is 11.8 Å². The molecule has 0 saturated heterocycles. The molecular formula is C16H13F2NO4. The van der Waals surface area contributed by atoms with Gasteiger partial charge in [0.1, 0.15) is 11.4 Å². The number of pyridine rings is 1. The Bertz CT molecular complexity index is 786. The fourth-order valence-electron chi connectivity index (χ4n) is 2.31. The smallest absolute Gasteiger partial charge is 0.341 e. The third-order valence-electron chi connectivity index (χ3n) is 3.29. The molecule has 0 aliphatic rings. The molecule has 1 heterocycles. The number of halogens is 2. The van der Waals surface area contributed by atoms with Gasteiger partial charge in [-0.05, 0) is 23.6 Å². The number of carbonyl (C=O) groups is 2. The highest BCUT2D eigenvalue weighted by Gasteiger charge is 2.29. The van der Waals surface area contributed by atoms with Crippen LogP contribution in [-0.2, 0) is 0 Å². The number of hydrogen-bond donors (Lipinski definition) is 2. The molecule has 2 N–H and O–H groups in total. The van der Waals surface area contributed by atoms with Crippen molar-refractivity contribution in [2.24, 2.45) is 0 Å². The fourth-order valence-corrected chi connectivity index (χ4v) is 2.31. The van der Waals surface area contributed by atoms with E-state index in [1.807, 2.05) is 0 Å². The van der Waals surface area contributed by atoms with E-state index in [1.165, 1.54) is 12.1 Å². The topological polar surface area (TPSA) is 87.5 Å². The van der Waals surface area contributed by atoms with Crippen molar-refractivity contribution in [1.82, 2.24) is 4.98 Å². The molecule has 2 aromatic rings. The lowest BCUT2D eigenvalue weighted by molar-refractivity contribution is 0.0691. The molecule has 0 atom stereocenters. The third kappa shape index (κ3) is 3.03. The molecule has 0 aliphatic heterocycles. The molecule has 0 fully saturated rings. The zero-order valence-corrected chi connectivity index (χ0v) is 12.3. The number of carboxylic acids is 2. The van der Waals surface area contributed by atoms with Crippen LogP contribution in [0.4, 0.5) is 8.78 Å². The minimum absolute atomic E-state index is 0.0701. The molecule has 0 radical (unpaired) electrons. The Labute approximate surface area is 130 Å². The first-order valence-electron chi connectivity index (χ1n) is 6.70. The van der Waals surface area contributed by atoms with Gasteiger partial charge in [0.15, 0.2) is 0 Å². The van der Waals surface area contributed by atoms with Crippen molar-refractivity contribution in [3.63, 3.8) is 0 Å². The second-order valence-electron chi connectivity index (χ2n) is 5.18. The Balaban J connectivity index is 2.97. The Hall–Kier alpha value is -2.83. The normalized spacial score (nSPS) is 10.8. The average Bonchev–Trinajstić information content (AvgIpc) is 2.45. The van der Waals surface area contributed by atoms with E-state index >= 15 is 0 Å². The first-order chi connectivity index (χ1) is 10.7. The van der Waals surface area contributed by atoms with Crippen LogP contribution in [0.15, 0.2) is 24.3 Å². The van der Waals surface area contributed by atoms with E-state index in [-0.39, 0.29) is 16.8 Å². The minimum atomic E-state index is -1.65. The predicted octanol–water partition coefficient (Wildman–Crippen LogP) is 3.55. The van der Waals surface area contributed by atoms with E-state index in [4.69, 9.17) is 0 Å². The Morgan fingerprint density at radius 3 is 1.96 bits per heavy atom. The van der Waals surface area contributed by atoms with Crippen molar-refractivity contribution in [1.29, 1.82) is 0 Å². The van der Waals surface area contributed by atoms with Crippen LogP contribution in [0.25, 0.3) is 11.1 Å². The number of nitrogens with zero attached hydrogens (tertiary/aromatic N) is 1. The molecule has 5 nitrogen and oxygen atoms in total. The van der Waals surface area contributed by atoms with Gasteiger partial charge in [-0.1, -0.05) is 26.0 Å². The summed E-state index contributed by atoms with van der Waals surface area (Å²) in [5.41, 5.74) is -1.55. The zero-order valence-electron chi connectivity index (χ0n) is 12.3. The van der Waals surface area contributed by atoms with E-state index in [2.05, 4.69) is 4.98 Å². The number of rotatable bonds is 4. The number of benzene rings is 1. The summed E-state index contributed by atoms with van der Waals surface area (Å²) in [6, 6.07) is 4.49. The zero-order chi connectivity index (χ0) is 17.3. The van der Waals surface area contributed by atoms with Crippen LogP contribution in [0.3, 0.4) is 0 Å². The van der Waals surface area contributed by atoms with Crippen LogP contribution in [0.1, 0.15) is 46.2 Å². The molecule has 0 saturated carbocycles. The maximum atomic E-state index is 14.2. The van der Waals surface area contributed by atoms with E-state index in [0.717, 1.165) is 12.1 Å². The summed E-state index contributed by atoms with van der Waals surface area (Å²) in [4.78, 5) is 26.6. The molecular weight excluding hydrogens is 308 g/mol. The standard InChI is InChI=1S/C16H13F2NO4/c1-7(2)13-11(15(20)21)10(8-3-5-9(17)6-4-8)12(16(22)23)14(18)19-13/h3-7H,1-2H3,(H,20,21)(H,22,23). The Kier molecular flexibility index (Phi) is 4.40. The van der Waals surface area contributed by atoms with E-state index in [0.29, 0.717) is 0 Å². The molecule has 1 aromatic heterocycles. The summed E-state index contributed by atoms with van der Waals surface area (Å²) in [5.74, 6) is -5.38. The van der Waals surface area contributed by atoms with Gasteiger partial charge in [-0.3, -0.25) is 0 Å². The summed E-state index contributed by atoms with van der Waals surface area (Å²) >= 11 is 0. The number of aromatic nitrogens is 1. The Morgan fingerprint density at radius 2 is 1.52 bits per heavy atom. The van der Waals surface area contributed by atoms with Gasteiger partial charge < -0.3 is 10.2 Å². The lowest BCUT2D eigenvalue weighted by atomic mass is 9.91. The van der Waals surface area contributed by atoms with Gasteiger partial charge in [0.2, 0.25) is 5.95 Å². The van der Waals surface area contributed by atoms with Crippen LogP contribution >= 0.6 is 0 Å². The van der Waals surface area contributed by atoms with Crippen molar-refractivity contribution in [3.05, 3.63) is 52.9 Å². The third-order valence-corrected chi connectivity index (χ3v) is 3.29. The number of aromatic carboxylic acids is 2. The van der Waals surface area contributed by atoms with Gasteiger partial charge in [-0.2, -0.15) is 4.39 Å². The maximum absolute atomic E-state index is 14.2. The fraction of sp³-hybridized carbons (Fsp3) is 0.188. The second-order valence-corrected chi connectivity index (χ2v) is 5.18. The Morgan fingerprint density at radius 1 is 1.00 bits per heavy atom. The lowest BCUT2D eigenvalue weighted by Crippen LogP contribution is -2.16. The molecule has 0 aliphatic carbocycles. The van der Waals surface area contributed by atoms with Gasteiger partial charge in [0.05, 0.1) is 11.3 Å². The molecule has 7 heteroatoms. The van der Waals surface area contributed by atoms with E-state index < -0.39 is 40.7 Å². The van der Waals surface area contributed by atoms with Gasteiger partial charge >= 0.3 is 11.9 Å². The van der Waals surface area contributed by atoms with E-state index in [1.54, 1.807) is 13.8 Å². The molecule has 23 heavy (non-hydrogen) atoms. The molecule has 0 unspecified atom stereocenters. The van der Waals surface area contributed by atoms with Crippen molar-refractivity contribution in [3.8, 4) is 11.1 Å². The minimum Gasteiger partial charge on any atom is -0.478 e. The molecule has 0 bridgehead atoms. The first-order valence-corrected chi connectivity index (χ1v) is 6.70. The monoisotopic (exact) mass is 321 g/mol. The van der Waals surface area contributed by atoms with Crippen molar-refractivity contribution in [2.45, 2.75) is 19.8 Å². The van der Waals surface area contributed by atoms with Gasteiger partial charge in [-0.15, -0.1) is 0 Å². The van der Waals surface area contributed by atoms with E-state index in [9.17, 15) is 28.6 Å². The van der Waals surface area contributed by atoms with Crippen LogP contribution in [0.2, 0.25) is 0 Å². The molecule has 2 rings (SSSR count). The summed E-state index contributed by atoms with van der Waals surface area (Å²) < 4.78 is 27.3. The average molecular weight is 321 g/mol. The van der Waals surface area contributed by atoms with Crippen LogP contribution < -0.4 is 0 Å². The number of hydrogen-bond acceptors (Lipinski definition) is 3. The quantitative estimate of drug-likeness (QED) is 0.841. The predicted molar refractivity (Wildman–Crippen MR) is 77.6 cm³/mol. The lowest BCUT2D eigenvalue weighted by Gasteiger charge is -2.16. The largest absolute Gasteiger partial charge is 0.478 e. The maximum Gasteiger partial charge on any atom is 0.341 e. The summed E-state index contributed by atoms with van der Waals surface area (Å²) in [6.45, 7) is 3.23. The SMILES string of the molecule is CC(C)c1nc(F)c(C(=O)O)c(-c2ccc(F)cc2)c1C(=O)O. The highest BCUT2D eigenvalue weighted by Crippen LogP contribution is 2.33. The van der Waals surface area contributed by atoms with Crippen molar-refractivity contribution < 1.29 is 28.6 Å². The highest BCUT2D eigenvalue weighted by atomic mass is 19.1. The van der Waals surface area contributed by atoms with Gasteiger partial charge in [0.25, 0.3) is 0 Å². The van der Waals surface area contributed by atoms with Crippen molar-refractivity contribution in [2.75, 3.05) is 0 Å². The second kappa shape index (κ2) is 6.12. The first kappa shape index (κ1) is 16.5. The molecule has 120 valence electrons. The summed E-state index contributed by atoms with van der Waals surface area (Å²) in [5, 5.41) is 18.7.